The summed E-state index contributed by atoms with van der Waals surface area (Å²) in [6.07, 6.45) is 8.69. The number of anilines is 1. The van der Waals surface area contributed by atoms with Crippen LogP contribution in [0.25, 0.3) is 0 Å². The van der Waals surface area contributed by atoms with Crippen molar-refractivity contribution in [3.05, 3.63) is 30.1 Å². The molecule has 0 N–H and O–H groups in total. The van der Waals surface area contributed by atoms with Crippen LogP contribution in [0.15, 0.2) is 30.1 Å². The van der Waals surface area contributed by atoms with E-state index in [0.29, 0.717) is 6.54 Å². The van der Waals surface area contributed by atoms with E-state index in [4.69, 9.17) is 4.74 Å². The van der Waals surface area contributed by atoms with Gasteiger partial charge in [-0.25, -0.2) is 9.97 Å². The minimum absolute atomic E-state index is 0.125. The van der Waals surface area contributed by atoms with Gasteiger partial charge in [-0.15, -0.1) is 0 Å². The maximum Gasteiger partial charge on any atom is 0.236 e. The minimum Gasteiger partial charge on any atom is -0.370 e. The van der Waals surface area contributed by atoms with Gasteiger partial charge in [-0.3, -0.25) is 9.69 Å². The molecule has 0 unspecified atom stereocenters. The van der Waals surface area contributed by atoms with Gasteiger partial charge in [0.05, 0.1) is 18.8 Å². The molecule has 4 rings (SSSR count). The highest BCUT2D eigenvalue weighted by atomic mass is 16.5. The van der Waals surface area contributed by atoms with Crippen LogP contribution in [0.3, 0.4) is 0 Å². The molecular formula is C20H29N5O2. The van der Waals surface area contributed by atoms with Crippen molar-refractivity contribution in [1.29, 1.82) is 0 Å². The van der Waals surface area contributed by atoms with Crippen molar-refractivity contribution in [3.8, 4) is 0 Å². The third kappa shape index (κ3) is 4.30. The predicted octanol–water partition coefficient (Wildman–Crippen LogP) is 1.33. The third-order valence-corrected chi connectivity index (χ3v) is 5.92. The zero-order chi connectivity index (χ0) is 18.7. The smallest absolute Gasteiger partial charge is 0.236 e. The summed E-state index contributed by atoms with van der Waals surface area (Å²) in [6.45, 7) is 8.54. The van der Waals surface area contributed by atoms with Crippen molar-refractivity contribution in [2.24, 2.45) is 0 Å². The fourth-order valence-corrected chi connectivity index (χ4v) is 4.25. The molecular weight excluding hydrogens is 342 g/mol. The summed E-state index contributed by atoms with van der Waals surface area (Å²) >= 11 is 0. The number of hydrogen-bond acceptors (Lipinski definition) is 6. The summed E-state index contributed by atoms with van der Waals surface area (Å²) in [5.74, 6) is 1.02. The summed E-state index contributed by atoms with van der Waals surface area (Å²) in [5.41, 5.74) is 1.29. The highest BCUT2D eigenvalue weighted by Crippen LogP contribution is 2.33. The fraction of sp³-hybridized carbons (Fsp3) is 0.650. The van der Waals surface area contributed by atoms with Gasteiger partial charge < -0.3 is 14.5 Å². The SMILES string of the molecule is CC1=CC2(CCN(C(=O)CN3CCN(c4ncccn4)CC3)CC2)OCC1. The summed E-state index contributed by atoms with van der Waals surface area (Å²) in [6, 6.07) is 1.83. The molecule has 0 bridgehead atoms. The molecule has 1 aromatic heterocycles. The number of likely N-dealkylation sites (tertiary alicyclic amines) is 1. The van der Waals surface area contributed by atoms with Crippen LogP contribution in [-0.2, 0) is 9.53 Å². The van der Waals surface area contributed by atoms with Crippen molar-refractivity contribution < 1.29 is 9.53 Å². The van der Waals surface area contributed by atoms with Crippen molar-refractivity contribution in [3.63, 3.8) is 0 Å². The molecule has 1 amide bonds. The van der Waals surface area contributed by atoms with E-state index in [-0.39, 0.29) is 11.5 Å². The van der Waals surface area contributed by atoms with Crippen LogP contribution in [-0.4, -0.2) is 83.7 Å². The van der Waals surface area contributed by atoms with Gasteiger partial charge in [-0.2, -0.15) is 0 Å². The maximum absolute atomic E-state index is 12.7. The maximum atomic E-state index is 12.7. The molecule has 1 aromatic rings. The summed E-state index contributed by atoms with van der Waals surface area (Å²) in [5, 5.41) is 0. The molecule has 0 atom stereocenters. The van der Waals surface area contributed by atoms with Gasteiger partial charge in [-0.1, -0.05) is 11.6 Å². The second-order valence-corrected chi connectivity index (χ2v) is 7.85. The fourth-order valence-electron chi connectivity index (χ4n) is 4.25. The molecule has 27 heavy (non-hydrogen) atoms. The van der Waals surface area contributed by atoms with Gasteiger partial charge in [0.2, 0.25) is 11.9 Å². The lowest BCUT2D eigenvalue weighted by molar-refractivity contribution is -0.137. The van der Waals surface area contributed by atoms with Crippen molar-refractivity contribution in [2.45, 2.75) is 31.8 Å². The van der Waals surface area contributed by atoms with Gasteiger partial charge in [0, 0.05) is 51.7 Å². The molecule has 3 aliphatic heterocycles. The number of ether oxygens (including phenoxy) is 1. The molecule has 3 aliphatic rings. The van der Waals surface area contributed by atoms with E-state index in [2.05, 4.69) is 32.8 Å². The molecule has 1 spiro atoms. The number of piperidine rings is 1. The highest BCUT2D eigenvalue weighted by molar-refractivity contribution is 5.78. The largest absolute Gasteiger partial charge is 0.370 e. The molecule has 0 radical (unpaired) electrons. The molecule has 7 nitrogen and oxygen atoms in total. The minimum atomic E-state index is -0.125. The van der Waals surface area contributed by atoms with Crippen LogP contribution in [0.4, 0.5) is 5.95 Å². The summed E-state index contributed by atoms with van der Waals surface area (Å²) < 4.78 is 6.07. The van der Waals surface area contributed by atoms with E-state index in [1.807, 2.05) is 11.0 Å². The Bertz CT molecular complexity index is 677. The molecule has 0 saturated carbocycles. The monoisotopic (exact) mass is 371 g/mol. The van der Waals surface area contributed by atoms with Crippen LogP contribution in [0, 0.1) is 0 Å². The molecule has 0 aromatic carbocycles. The topological polar surface area (TPSA) is 61.8 Å². The molecule has 2 saturated heterocycles. The van der Waals surface area contributed by atoms with E-state index in [9.17, 15) is 4.79 Å². The zero-order valence-corrected chi connectivity index (χ0v) is 16.1. The van der Waals surface area contributed by atoms with Crippen LogP contribution < -0.4 is 4.90 Å². The Kier molecular flexibility index (Phi) is 5.41. The third-order valence-electron chi connectivity index (χ3n) is 5.92. The van der Waals surface area contributed by atoms with Crippen molar-refractivity contribution in [2.75, 3.05) is 57.3 Å². The normalized spacial score (nSPS) is 23.4. The van der Waals surface area contributed by atoms with Crippen LogP contribution in [0.1, 0.15) is 26.2 Å². The number of aromatic nitrogens is 2. The Morgan fingerprint density at radius 2 is 1.81 bits per heavy atom. The van der Waals surface area contributed by atoms with E-state index < -0.39 is 0 Å². The first-order valence-corrected chi connectivity index (χ1v) is 9.98. The Morgan fingerprint density at radius 3 is 2.48 bits per heavy atom. The first-order chi connectivity index (χ1) is 13.1. The molecule has 146 valence electrons. The van der Waals surface area contributed by atoms with Crippen LogP contribution >= 0.6 is 0 Å². The number of nitrogens with zero attached hydrogens (tertiary/aromatic N) is 5. The molecule has 4 heterocycles. The standard InChI is InChI=1S/C20H29N5O2/c1-17-3-14-27-20(15-17)4-8-24(9-5-20)18(26)16-23-10-12-25(13-11-23)19-21-6-2-7-22-19/h2,6-7,15H,3-5,8-14,16H2,1H3. The van der Waals surface area contributed by atoms with Gasteiger partial charge in [0.25, 0.3) is 0 Å². The Balaban J connectivity index is 1.24. The lowest BCUT2D eigenvalue weighted by atomic mass is 9.87. The number of rotatable bonds is 3. The predicted molar refractivity (Wildman–Crippen MR) is 104 cm³/mol. The van der Waals surface area contributed by atoms with Gasteiger partial charge in [-0.05, 0) is 32.3 Å². The van der Waals surface area contributed by atoms with Gasteiger partial charge >= 0.3 is 0 Å². The van der Waals surface area contributed by atoms with Crippen molar-refractivity contribution >= 4 is 11.9 Å². The molecule has 7 heteroatoms. The molecule has 0 aliphatic carbocycles. The van der Waals surface area contributed by atoms with E-state index >= 15 is 0 Å². The van der Waals surface area contributed by atoms with Crippen LogP contribution in [0.2, 0.25) is 0 Å². The lowest BCUT2D eigenvalue weighted by Crippen LogP contribution is -2.53. The Hall–Kier alpha value is -1.99. The Morgan fingerprint density at radius 1 is 1.11 bits per heavy atom. The Labute approximate surface area is 161 Å². The van der Waals surface area contributed by atoms with Gasteiger partial charge in [0.1, 0.15) is 0 Å². The molecule has 2 fully saturated rings. The number of piperazine rings is 1. The first-order valence-electron chi connectivity index (χ1n) is 9.98. The quantitative estimate of drug-likeness (QED) is 0.747. The second kappa shape index (κ2) is 7.94. The van der Waals surface area contributed by atoms with Crippen LogP contribution in [0.5, 0.6) is 0 Å². The lowest BCUT2D eigenvalue weighted by Gasteiger charge is -2.43. The second-order valence-electron chi connectivity index (χ2n) is 7.85. The van der Waals surface area contributed by atoms with E-state index in [1.165, 1.54) is 5.57 Å². The summed E-state index contributed by atoms with van der Waals surface area (Å²) in [4.78, 5) is 27.8. The van der Waals surface area contributed by atoms with E-state index in [1.54, 1.807) is 12.4 Å². The van der Waals surface area contributed by atoms with E-state index in [0.717, 1.165) is 71.1 Å². The first kappa shape index (κ1) is 18.4. The number of amides is 1. The van der Waals surface area contributed by atoms with Crippen molar-refractivity contribution in [1.82, 2.24) is 19.8 Å². The average Bonchev–Trinajstić information content (AvgIpc) is 2.70. The summed E-state index contributed by atoms with van der Waals surface area (Å²) in [7, 11) is 0. The highest BCUT2D eigenvalue weighted by Gasteiger charge is 2.37. The zero-order valence-electron chi connectivity index (χ0n) is 16.1. The number of hydrogen-bond donors (Lipinski definition) is 0. The number of carbonyl (C=O) groups excluding carboxylic acids is 1. The number of carbonyl (C=O) groups is 1. The van der Waals surface area contributed by atoms with Gasteiger partial charge in [0.15, 0.2) is 0 Å². The average molecular weight is 371 g/mol.